The Hall–Kier alpha value is 0.616. The zero-order valence-electron chi connectivity index (χ0n) is 10.9. The minimum atomic E-state index is -4.26. The van der Waals surface area contributed by atoms with Crippen molar-refractivity contribution in [1.29, 1.82) is 0 Å². The second kappa shape index (κ2) is 14.0. The van der Waals surface area contributed by atoms with E-state index in [1.807, 2.05) is 0 Å². The van der Waals surface area contributed by atoms with E-state index in [1.54, 1.807) is 0 Å². The van der Waals surface area contributed by atoms with Gasteiger partial charge in [0.1, 0.15) is 0 Å². The van der Waals surface area contributed by atoms with Crippen LogP contribution in [0.5, 0.6) is 0 Å². The van der Waals surface area contributed by atoms with Crippen molar-refractivity contribution in [2.24, 2.45) is 0 Å². The smallest absolute Gasteiger partial charge is 0.811 e. The summed E-state index contributed by atoms with van der Waals surface area (Å²) < 4.78 is 10.3. The van der Waals surface area contributed by atoms with Gasteiger partial charge in [0.25, 0.3) is 0 Å². The van der Waals surface area contributed by atoms with Crippen LogP contribution in [-0.2, 0) is 21.3 Å². The van der Waals surface area contributed by atoms with Crippen LogP contribution in [0, 0.1) is 0 Å². The van der Waals surface area contributed by atoms with Crippen LogP contribution < -0.4 is 9.79 Å². The minimum absolute atomic E-state index is 0. The molecule has 1 radical (unpaired) electrons. The molecule has 0 saturated carbocycles. The Kier molecular flexibility index (Phi) is 16.3. The van der Waals surface area contributed by atoms with Gasteiger partial charge in [0.05, 0.1) is 0 Å². The molecule has 0 aliphatic heterocycles. The summed E-state index contributed by atoms with van der Waals surface area (Å²) in [5, 5.41) is 8.58. The predicted octanol–water partition coefficient (Wildman–Crippen LogP) is 1.79. The predicted molar refractivity (Wildman–Crippen MR) is 65.7 cm³/mol. The fourth-order valence-electron chi connectivity index (χ4n) is 1.83. The number of unbranched alkanes of at least 4 members (excludes halogenated alkanes) is 9. The summed E-state index contributed by atoms with van der Waals surface area (Å²) in [6.45, 7) is 0.295. The van der Waals surface area contributed by atoms with Crippen molar-refractivity contribution in [3.8, 4) is 0 Å². The molecule has 0 aromatic carbocycles. The van der Waals surface area contributed by atoms with Crippen molar-refractivity contribution in [1.82, 2.24) is 0 Å². The summed E-state index contributed by atoms with van der Waals surface area (Å²) in [7, 11) is -4.26. The molecule has 0 amide bonds. The first-order chi connectivity index (χ1) is 8.06. The zero-order valence-corrected chi connectivity index (χ0v) is 12.9. The molecule has 111 valence electrons. The van der Waals surface area contributed by atoms with E-state index in [4.69, 9.17) is 5.11 Å². The van der Waals surface area contributed by atoms with E-state index < -0.39 is 7.60 Å². The number of aliphatic hydroxyl groups excluding tert-OH is 1. The molecule has 4 nitrogen and oxygen atoms in total. The molecule has 6 heteroatoms. The first kappa shape index (κ1) is 20.9. The molecule has 18 heavy (non-hydrogen) atoms. The SMILES string of the molecule is O=P([O-])([O-])CCCCCCCCCCCCO.[Co+2]. The first-order valence-corrected chi connectivity index (χ1v) is 8.41. The minimum Gasteiger partial charge on any atom is -0.811 e. The molecule has 0 spiro atoms. The summed E-state index contributed by atoms with van der Waals surface area (Å²) in [4.78, 5) is 20.7. The van der Waals surface area contributed by atoms with Gasteiger partial charge in [0, 0.05) is 6.61 Å². The number of aliphatic hydroxyl groups is 1. The van der Waals surface area contributed by atoms with E-state index in [1.165, 1.54) is 25.7 Å². The van der Waals surface area contributed by atoms with E-state index >= 15 is 0 Å². The van der Waals surface area contributed by atoms with Crippen molar-refractivity contribution in [3.63, 3.8) is 0 Å². The molecular formula is C12H25CoO4P. The molecule has 1 N–H and O–H groups in total. The van der Waals surface area contributed by atoms with Gasteiger partial charge in [-0.1, -0.05) is 59.0 Å². The third kappa shape index (κ3) is 19.0. The molecule has 0 saturated heterocycles. The molecule has 0 aliphatic carbocycles. The van der Waals surface area contributed by atoms with Gasteiger partial charge in [-0.05, 0) is 19.0 Å². The van der Waals surface area contributed by atoms with Crippen molar-refractivity contribution in [2.45, 2.75) is 64.2 Å². The van der Waals surface area contributed by atoms with Crippen LogP contribution >= 0.6 is 7.60 Å². The average Bonchev–Trinajstić information content (AvgIpc) is 2.24. The van der Waals surface area contributed by atoms with Crippen LogP contribution in [0.2, 0.25) is 0 Å². The second-order valence-corrected chi connectivity index (χ2v) is 6.26. The molecule has 0 atom stereocenters. The van der Waals surface area contributed by atoms with Crippen molar-refractivity contribution in [2.75, 3.05) is 12.8 Å². The standard InChI is InChI=1S/C12H27O4P.Co/c13-11-9-7-5-3-1-2-4-6-8-10-12-17(14,15)16;/h13H,1-12H2,(H2,14,15,16);/q;+2/p-2. The third-order valence-corrected chi connectivity index (χ3v) is 3.70. The van der Waals surface area contributed by atoms with Gasteiger partial charge in [-0.3, -0.25) is 0 Å². The maximum absolute atomic E-state index is 10.3. The van der Waals surface area contributed by atoms with E-state index in [9.17, 15) is 14.4 Å². The topological polar surface area (TPSA) is 83.4 Å². The molecule has 0 rings (SSSR count). The van der Waals surface area contributed by atoms with Gasteiger partial charge >= 0.3 is 16.8 Å². The Morgan fingerprint density at radius 3 is 1.39 bits per heavy atom. The van der Waals surface area contributed by atoms with E-state index in [-0.39, 0.29) is 22.9 Å². The van der Waals surface area contributed by atoms with Gasteiger partial charge in [0.15, 0.2) is 0 Å². The quantitative estimate of drug-likeness (QED) is 0.438. The number of hydrogen-bond donors (Lipinski definition) is 1. The van der Waals surface area contributed by atoms with Crippen molar-refractivity contribution < 1.29 is 36.2 Å². The molecule has 0 aliphatic rings. The van der Waals surface area contributed by atoms with Crippen LogP contribution in [0.4, 0.5) is 0 Å². The van der Waals surface area contributed by atoms with Crippen LogP contribution in [-0.4, -0.2) is 17.9 Å². The summed E-state index contributed by atoms with van der Waals surface area (Å²) in [5.41, 5.74) is 0. The molecule has 0 aromatic heterocycles. The summed E-state index contributed by atoms with van der Waals surface area (Å²) in [6.07, 6.45) is 10.2. The van der Waals surface area contributed by atoms with Crippen molar-refractivity contribution in [3.05, 3.63) is 0 Å². The molecule has 0 heterocycles. The zero-order chi connectivity index (χ0) is 13.0. The monoisotopic (exact) mass is 323 g/mol. The Bertz CT molecular complexity index is 208. The maximum atomic E-state index is 10.3. The van der Waals surface area contributed by atoms with Gasteiger partial charge in [0.2, 0.25) is 0 Å². The van der Waals surface area contributed by atoms with Gasteiger partial charge in [-0.2, -0.15) is 0 Å². The van der Waals surface area contributed by atoms with E-state index in [0.29, 0.717) is 13.0 Å². The molecular weight excluding hydrogens is 298 g/mol. The number of rotatable bonds is 12. The summed E-state index contributed by atoms with van der Waals surface area (Å²) >= 11 is 0. The number of hydrogen-bond acceptors (Lipinski definition) is 4. The fourth-order valence-corrected chi connectivity index (χ4v) is 2.44. The van der Waals surface area contributed by atoms with E-state index in [2.05, 4.69) is 0 Å². The molecule has 0 bridgehead atoms. The van der Waals surface area contributed by atoms with Gasteiger partial charge in [-0.15, -0.1) is 0 Å². The van der Waals surface area contributed by atoms with Crippen LogP contribution in [0.15, 0.2) is 0 Å². The van der Waals surface area contributed by atoms with Crippen LogP contribution in [0.3, 0.4) is 0 Å². The summed E-state index contributed by atoms with van der Waals surface area (Å²) in [6, 6.07) is 0. The van der Waals surface area contributed by atoms with E-state index in [0.717, 1.165) is 32.1 Å². The van der Waals surface area contributed by atoms with Gasteiger partial charge < -0.3 is 19.5 Å². The third-order valence-electron chi connectivity index (χ3n) is 2.84. The van der Waals surface area contributed by atoms with Gasteiger partial charge in [-0.25, -0.2) is 0 Å². The normalized spacial score (nSPS) is 11.3. The first-order valence-electron chi connectivity index (χ1n) is 6.68. The Labute approximate surface area is 121 Å². The molecule has 0 unspecified atom stereocenters. The Morgan fingerprint density at radius 2 is 1.06 bits per heavy atom. The van der Waals surface area contributed by atoms with Crippen molar-refractivity contribution >= 4 is 7.60 Å². The second-order valence-electron chi connectivity index (χ2n) is 4.59. The molecule has 0 fully saturated rings. The fraction of sp³-hybridized carbons (Fsp3) is 1.00. The molecule has 0 aromatic rings. The Balaban J connectivity index is 0. The summed E-state index contributed by atoms with van der Waals surface area (Å²) in [5.74, 6) is 0. The van der Waals surface area contributed by atoms with Crippen LogP contribution in [0.25, 0.3) is 0 Å². The average molecular weight is 323 g/mol. The largest absolute Gasteiger partial charge is 2.00 e. The maximum Gasteiger partial charge on any atom is 2.00 e. The Morgan fingerprint density at radius 1 is 0.722 bits per heavy atom. The van der Waals surface area contributed by atoms with Crippen LogP contribution in [0.1, 0.15) is 64.2 Å².